The van der Waals surface area contributed by atoms with Gasteiger partial charge in [0.15, 0.2) is 0 Å². The summed E-state index contributed by atoms with van der Waals surface area (Å²) >= 11 is 0. The van der Waals surface area contributed by atoms with Crippen LogP contribution in [0.4, 0.5) is 0 Å². The van der Waals surface area contributed by atoms with Crippen molar-refractivity contribution < 1.29 is 4.74 Å². The monoisotopic (exact) mass is 289 g/mol. The van der Waals surface area contributed by atoms with Crippen LogP contribution in [-0.2, 0) is 6.42 Å². The number of hydrogen-bond donors (Lipinski definition) is 1. The van der Waals surface area contributed by atoms with Crippen LogP contribution in [0.5, 0.6) is 5.75 Å². The highest BCUT2D eigenvalue weighted by Crippen LogP contribution is 2.31. The van der Waals surface area contributed by atoms with E-state index in [-0.39, 0.29) is 0 Å². The van der Waals surface area contributed by atoms with Crippen LogP contribution in [0.1, 0.15) is 51.5 Å². The largest absolute Gasteiger partial charge is 0.497 e. The van der Waals surface area contributed by atoms with Gasteiger partial charge in [-0.05, 0) is 61.8 Å². The van der Waals surface area contributed by atoms with Crippen molar-refractivity contribution in [2.45, 2.75) is 58.4 Å². The maximum absolute atomic E-state index is 5.36. The first kappa shape index (κ1) is 16.4. The predicted octanol–water partition coefficient (Wildman–Crippen LogP) is 4.43. The average Bonchev–Trinajstić information content (AvgIpc) is 2.52. The van der Waals surface area contributed by atoms with Crippen molar-refractivity contribution in [3.05, 3.63) is 29.8 Å². The lowest BCUT2D eigenvalue weighted by Crippen LogP contribution is -2.40. The fourth-order valence-electron chi connectivity index (χ4n) is 3.48. The van der Waals surface area contributed by atoms with Gasteiger partial charge >= 0.3 is 0 Å². The molecule has 1 atom stereocenters. The summed E-state index contributed by atoms with van der Waals surface area (Å²) in [6.45, 7) is 5.77. The standard InChI is InChI=1S/C19H31NO/c1-4-12-20-19(17-10-8-15(2)9-11-17)14-16-6-5-7-18(13-16)21-3/h5-7,13,15,17,19-20H,4,8-12,14H2,1-3H3. The van der Waals surface area contributed by atoms with Gasteiger partial charge in [-0.3, -0.25) is 0 Å². The molecule has 0 aromatic heterocycles. The molecule has 1 N–H and O–H groups in total. The Morgan fingerprint density at radius 3 is 2.67 bits per heavy atom. The second kappa shape index (κ2) is 8.43. The van der Waals surface area contributed by atoms with Crippen molar-refractivity contribution >= 4 is 0 Å². The maximum Gasteiger partial charge on any atom is 0.119 e. The van der Waals surface area contributed by atoms with Crippen LogP contribution >= 0.6 is 0 Å². The van der Waals surface area contributed by atoms with E-state index in [9.17, 15) is 0 Å². The minimum atomic E-state index is 0.615. The highest BCUT2D eigenvalue weighted by Gasteiger charge is 2.25. The van der Waals surface area contributed by atoms with Crippen LogP contribution in [0.3, 0.4) is 0 Å². The summed E-state index contributed by atoms with van der Waals surface area (Å²) in [4.78, 5) is 0. The molecule has 0 spiro atoms. The molecular weight excluding hydrogens is 258 g/mol. The van der Waals surface area contributed by atoms with E-state index in [1.54, 1.807) is 7.11 Å². The summed E-state index contributed by atoms with van der Waals surface area (Å²) in [5, 5.41) is 3.80. The Hall–Kier alpha value is -1.02. The van der Waals surface area contributed by atoms with Crippen LogP contribution in [0.2, 0.25) is 0 Å². The lowest BCUT2D eigenvalue weighted by atomic mass is 9.77. The van der Waals surface area contributed by atoms with Gasteiger partial charge in [-0.2, -0.15) is 0 Å². The highest BCUT2D eigenvalue weighted by atomic mass is 16.5. The predicted molar refractivity (Wildman–Crippen MR) is 89.9 cm³/mol. The molecule has 1 saturated carbocycles. The van der Waals surface area contributed by atoms with Gasteiger partial charge in [0.2, 0.25) is 0 Å². The van der Waals surface area contributed by atoms with E-state index in [0.717, 1.165) is 30.6 Å². The molecule has 1 aromatic rings. The Kier molecular flexibility index (Phi) is 6.56. The molecule has 1 unspecified atom stereocenters. The van der Waals surface area contributed by atoms with Crippen LogP contribution < -0.4 is 10.1 Å². The average molecular weight is 289 g/mol. The van der Waals surface area contributed by atoms with Gasteiger partial charge in [-0.25, -0.2) is 0 Å². The van der Waals surface area contributed by atoms with Crippen LogP contribution in [0.15, 0.2) is 24.3 Å². The summed E-state index contributed by atoms with van der Waals surface area (Å²) < 4.78 is 5.36. The van der Waals surface area contributed by atoms with Crippen molar-refractivity contribution in [2.24, 2.45) is 11.8 Å². The normalized spacial score (nSPS) is 23.8. The summed E-state index contributed by atoms with van der Waals surface area (Å²) in [7, 11) is 1.74. The maximum atomic E-state index is 5.36. The first-order chi connectivity index (χ1) is 10.2. The third kappa shape index (κ3) is 5.03. The molecule has 118 valence electrons. The number of methoxy groups -OCH3 is 1. The molecule has 0 amide bonds. The third-order valence-corrected chi connectivity index (χ3v) is 4.88. The van der Waals surface area contributed by atoms with Crippen LogP contribution in [0.25, 0.3) is 0 Å². The topological polar surface area (TPSA) is 21.3 Å². The zero-order valence-corrected chi connectivity index (χ0v) is 13.9. The lowest BCUT2D eigenvalue weighted by molar-refractivity contribution is 0.229. The van der Waals surface area contributed by atoms with Gasteiger partial charge in [0, 0.05) is 6.04 Å². The van der Waals surface area contributed by atoms with Crippen molar-refractivity contribution in [1.82, 2.24) is 5.32 Å². The Bertz CT molecular complexity index is 410. The number of nitrogens with one attached hydrogen (secondary N) is 1. The van der Waals surface area contributed by atoms with Crippen molar-refractivity contribution in [3.8, 4) is 5.75 Å². The van der Waals surface area contributed by atoms with Gasteiger partial charge < -0.3 is 10.1 Å². The summed E-state index contributed by atoms with van der Waals surface area (Å²) in [5.74, 6) is 2.72. The van der Waals surface area contributed by atoms with E-state index in [1.807, 2.05) is 6.07 Å². The fourth-order valence-corrected chi connectivity index (χ4v) is 3.48. The SMILES string of the molecule is CCCNC(Cc1cccc(OC)c1)C1CCC(C)CC1. The van der Waals surface area contributed by atoms with Crippen molar-refractivity contribution in [3.63, 3.8) is 0 Å². The van der Waals surface area contributed by atoms with Gasteiger partial charge in [-0.15, -0.1) is 0 Å². The molecule has 0 bridgehead atoms. The van der Waals surface area contributed by atoms with E-state index in [1.165, 1.54) is 37.7 Å². The molecule has 2 heteroatoms. The first-order valence-electron chi connectivity index (χ1n) is 8.59. The van der Waals surface area contributed by atoms with E-state index in [2.05, 4.69) is 37.4 Å². The van der Waals surface area contributed by atoms with E-state index in [4.69, 9.17) is 4.74 Å². The smallest absolute Gasteiger partial charge is 0.119 e. The van der Waals surface area contributed by atoms with Gasteiger partial charge in [-0.1, -0.05) is 38.8 Å². The molecule has 0 aliphatic heterocycles. The fraction of sp³-hybridized carbons (Fsp3) is 0.684. The Labute approximate surface area is 130 Å². The zero-order valence-electron chi connectivity index (χ0n) is 13.9. The molecule has 1 fully saturated rings. The first-order valence-corrected chi connectivity index (χ1v) is 8.59. The minimum absolute atomic E-state index is 0.615. The van der Waals surface area contributed by atoms with Gasteiger partial charge in [0.25, 0.3) is 0 Å². The number of benzene rings is 1. The second-order valence-corrected chi connectivity index (χ2v) is 6.64. The quantitative estimate of drug-likeness (QED) is 0.801. The number of rotatable bonds is 7. The van der Waals surface area contributed by atoms with E-state index < -0.39 is 0 Å². The Morgan fingerprint density at radius 1 is 1.24 bits per heavy atom. The molecule has 1 aliphatic rings. The van der Waals surface area contributed by atoms with E-state index in [0.29, 0.717) is 6.04 Å². The molecule has 1 aromatic carbocycles. The number of hydrogen-bond acceptors (Lipinski definition) is 2. The minimum Gasteiger partial charge on any atom is -0.497 e. The van der Waals surface area contributed by atoms with Crippen LogP contribution in [0, 0.1) is 11.8 Å². The molecule has 0 heterocycles. The molecule has 0 radical (unpaired) electrons. The molecule has 2 nitrogen and oxygen atoms in total. The second-order valence-electron chi connectivity index (χ2n) is 6.64. The molecule has 21 heavy (non-hydrogen) atoms. The Morgan fingerprint density at radius 2 is 2.00 bits per heavy atom. The van der Waals surface area contributed by atoms with Gasteiger partial charge in [0.1, 0.15) is 5.75 Å². The lowest BCUT2D eigenvalue weighted by Gasteiger charge is -2.33. The molecule has 0 saturated heterocycles. The summed E-state index contributed by atoms with van der Waals surface area (Å²) in [6.07, 6.45) is 7.88. The molecule has 1 aliphatic carbocycles. The van der Waals surface area contributed by atoms with Gasteiger partial charge in [0.05, 0.1) is 7.11 Å². The highest BCUT2D eigenvalue weighted by molar-refractivity contribution is 5.29. The van der Waals surface area contributed by atoms with Crippen molar-refractivity contribution in [1.29, 1.82) is 0 Å². The summed E-state index contributed by atoms with van der Waals surface area (Å²) in [5.41, 5.74) is 1.39. The van der Waals surface area contributed by atoms with Crippen LogP contribution in [-0.4, -0.2) is 19.7 Å². The molecular formula is C19H31NO. The van der Waals surface area contributed by atoms with E-state index >= 15 is 0 Å². The number of ether oxygens (including phenoxy) is 1. The molecule has 2 rings (SSSR count). The third-order valence-electron chi connectivity index (χ3n) is 4.88. The Balaban J connectivity index is 2.01. The van der Waals surface area contributed by atoms with Crippen molar-refractivity contribution in [2.75, 3.05) is 13.7 Å². The zero-order chi connectivity index (χ0) is 15.1. The summed E-state index contributed by atoms with van der Waals surface area (Å²) in [6, 6.07) is 9.17.